The predicted octanol–water partition coefficient (Wildman–Crippen LogP) is 4.33. The van der Waals surface area contributed by atoms with Crippen LogP contribution in [0.5, 0.6) is 0 Å². The zero-order valence-corrected chi connectivity index (χ0v) is 13.0. The maximum atomic E-state index is 12.4. The molecule has 0 spiro atoms. The van der Waals surface area contributed by atoms with Gasteiger partial charge in [-0.15, -0.1) is 0 Å². The zero-order valence-electron chi connectivity index (χ0n) is 13.0. The van der Waals surface area contributed by atoms with E-state index in [9.17, 15) is 18.0 Å². The number of alkyl halides is 3. The second-order valence-corrected chi connectivity index (χ2v) is 5.94. The molecule has 3 nitrogen and oxygen atoms in total. The molecule has 1 N–H and O–H groups in total. The molecule has 23 heavy (non-hydrogen) atoms. The lowest BCUT2D eigenvalue weighted by atomic mass is 9.96. The first-order valence-electron chi connectivity index (χ1n) is 7.96. The molecule has 1 fully saturated rings. The van der Waals surface area contributed by atoms with E-state index in [1.54, 1.807) is 24.3 Å². The minimum atomic E-state index is -4.20. The fraction of sp³-hybridized carbons (Fsp3) is 0.588. The quantitative estimate of drug-likeness (QED) is 0.844. The number of hydrogen-bond acceptors (Lipinski definition) is 2. The van der Waals surface area contributed by atoms with Crippen LogP contribution in [-0.4, -0.2) is 25.3 Å². The van der Waals surface area contributed by atoms with Crippen LogP contribution in [0.3, 0.4) is 0 Å². The van der Waals surface area contributed by atoms with Gasteiger partial charge < -0.3 is 10.1 Å². The van der Waals surface area contributed by atoms with Crippen LogP contribution in [-0.2, 0) is 16.0 Å². The minimum absolute atomic E-state index is 0.129. The summed E-state index contributed by atoms with van der Waals surface area (Å²) in [7, 11) is 0. The summed E-state index contributed by atoms with van der Waals surface area (Å²) in [6.45, 7) is 1.48. The van der Waals surface area contributed by atoms with Crippen LogP contribution in [0.25, 0.3) is 0 Å². The Morgan fingerprint density at radius 1 is 1.30 bits per heavy atom. The van der Waals surface area contributed by atoms with Crippen molar-refractivity contribution < 1.29 is 22.7 Å². The van der Waals surface area contributed by atoms with E-state index in [0.29, 0.717) is 30.2 Å². The van der Waals surface area contributed by atoms with Crippen molar-refractivity contribution in [2.24, 2.45) is 5.92 Å². The Balaban J connectivity index is 1.84. The monoisotopic (exact) mass is 329 g/mol. The second-order valence-electron chi connectivity index (χ2n) is 5.94. The van der Waals surface area contributed by atoms with Crippen LogP contribution >= 0.6 is 0 Å². The summed E-state index contributed by atoms with van der Waals surface area (Å²) in [4.78, 5) is 12.0. The van der Waals surface area contributed by atoms with E-state index in [1.807, 2.05) is 0 Å². The first-order chi connectivity index (χ1) is 10.9. The molecule has 1 heterocycles. The summed E-state index contributed by atoms with van der Waals surface area (Å²) in [5.41, 5.74) is 0.987. The van der Waals surface area contributed by atoms with Gasteiger partial charge in [-0.1, -0.05) is 18.2 Å². The number of carbonyl (C=O) groups is 1. The van der Waals surface area contributed by atoms with Crippen LogP contribution in [0.2, 0.25) is 0 Å². The van der Waals surface area contributed by atoms with Crippen molar-refractivity contribution in [2.75, 3.05) is 18.5 Å². The minimum Gasteiger partial charge on any atom is -0.381 e. The molecule has 1 aromatic carbocycles. The Labute approximate surface area is 134 Å². The highest BCUT2D eigenvalue weighted by molar-refractivity contribution is 5.91. The number of para-hydroxylation sites is 1. The lowest BCUT2D eigenvalue weighted by Gasteiger charge is -2.21. The first-order valence-corrected chi connectivity index (χ1v) is 7.96. The van der Waals surface area contributed by atoms with Crippen molar-refractivity contribution in [1.82, 2.24) is 0 Å². The van der Waals surface area contributed by atoms with E-state index in [0.717, 1.165) is 25.9 Å². The Morgan fingerprint density at radius 3 is 2.78 bits per heavy atom. The van der Waals surface area contributed by atoms with E-state index in [-0.39, 0.29) is 12.3 Å². The maximum Gasteiger partial charge on any atom is 0.389 e. The summed E-state index contributed by atoms with van der Waals surface area (Å²) >= 11 is 0. The van der Waals surface area contributed by atoms with Gasteiger partial charge >= 0.3 is 6.18 Å². The molecule has 0 aromatic heterocycles. The number of nitrogens with one attached hydrogen (secondary N) is 1. The van der Waals surface area contributed by atoms with Gasteiger partial charge in [-0.3, -0.25) is 4.79 Å². The fourth-order valence-corrected chi connectivity index (χ4v) is 2.72. The number of carbonyl (C=O) groups excluding carboxylic acids is 1. The number of hydrogen-bond donors (Lipinski definition) is 1. The summed E-state index contributed by atoms with van der Waals surface area (Å²) in [5, 5.41) is 2.74. The van der Waals surface area contributed by atoms with Crippen molar-refractivity contribution in [3.63, 3.8) is 0 Å². The number of aryl methyl sites for hydroxylation is 1. The van der Waals surface area contributed by atoms with Crippen molar-refractivity contribution in [2.45, 2.75) is 44.7 Å². The van der Waals surface area contributed by atoms with Gasteiger partial charge in [-0.2, -0.15) is 13.2 Å². The Morgan fingerprint density at radius 2 is 2.09 bits per heavy atom. The first kappa shape index (κ1) is 17.8. The maximum absolute atomic E-state index is 12.4. The van der Waals surface area contributed by atoms with Crippen LogP contribution in [0, 0.1) is 5.92 Å². The molecule has 0 aliphatic carbocycles. The smallest absolute Gasteiger partial charge is 0.381 e. The number of benzene rings is 1. The molecule has 0 saturated carbocycles. The van der Waals surface area contributed by atoms with E-state index in [2.05, 4.69) is 5.32 Å². The Hall–Kier alpha value is -1.56. The topological polar surface area (TPSA) is 38.3 Å². The van der Waals surface area contributed by atoms with Crippen LogP contribution < -0.4 is 5.32 Å². The van der Waals surface area contributed by atoms with Crippen molar-refractivity contribution >= 4 is 11.6 Å². The van der Waals surface area contributed by atoms with E-state index >= 15 is 0 Å². The van der Waals surface area contributed by atoms with Crippen LogP contribution in [0.1, 0.15) is 37.7 Å². The Bertz CT molecular complexity index is 511. The fourth-order valence-electron chi connectivity index (χ4n) is 2.72. The molecule has 0 radical (unpaired) electrons. The predicted molar refractivity (Wildman–Crippen MR) is 82.2 cm³/mol. The van der Waals surface area contributed by atoms with Crippen molar-refractivity contribution in [3.8, 4) is 0 Å². The molecule has 1 aromatic rings. The van der Waals surface area contributed by atoms with Gasteiger partial charge in [0, 0.05) is 31.7 Å². The third kappa shape index (κ3) is 6.60. The third-order valence-corrected chi connectivity index (χ3v) is 4.00. The third-order valence-electron chi connectivity index (χ3n) is 4.00. The lowest BCUT2D eigenvalue weighted by Crippen LogP contribution is -2.20. The van der Waals surface area contributed by atoms with Gasteiger partial charge in [0.05, 0.1) is 0 Å². The SMILES string of the molecule is O=C(CCC1CCCOC1)Nc1ccccc1CCC(F)(F)F. The molecular weight excluding hydrogens is 307 g/mol. The number of ether oxygens (including phenoxy) is 1. The summed E-state index contributed by atoms with van der Waals surface area (Å²) in [6.07, 6.45) is -2.02. The number of rotatable bonds is 6. The molecule has 128 valence electrons. The Kier molecular flexibility index (Phi) is 6.45. The zero-order chi connectivity index (χ0) is 16.7. The molecule has 1 atom stereocenters. The summed E-state index contributed by atoms with van der Waals surface area (Å²) in [5.74, 6) is 0.241. The van der Waals surface area contributed by atoms with Crippen LogP contribution in [0.4, 0.5) is 18.9 Å². The van der Waals surface area contributed by atoms with Gasteiger partial charge in [0.15, 0.2) is 0 Å². The average molecular weight is 329 g/mol. The van der Waals surface area contributed by atoms with E-state index in [1.165, 1.54) is 0 Å². The molecule has 1 amide bonds. The second kappa shape index (κ2) is 8.34. The molecule has 1 unspecified atom stereocenters. The highest BCUT2D eigenvalue weighted by Gasteiger charge is 2.27. The summed E-state index contributed by atoms with van der Waals surface area (Å²) < 4.78 is 42.5. The van der Waals surface area contributed by atoms with E-state index < -0.39 is 12.6 Å². The van der Waals surface area contributed by atoms with E-state index in [4.69, 9.17) is 4.74 Å². The summed E-state index contributed by atoms with van der Waals surface area (Å²) in [6, 6.07) is 6.66. The molecule has 2 rings (SSSR count). The van der Waals surface area contributed by atoms with Gasteiger partial charge in [0.25, 0.3) is 0 Å². The average Bonchev–Trinajstić information content (AvgIpc) is 2.52. The lowest BCUT2D eigenvalue weighted by molar-refractivity contribution is -0.133. The highest BCUT2D eigenvalue weighted by atomic mass is 19.4. The largest absolute Gasteiger partial charge is 0.389 e. The number of amides is 1. The number of anilines is 1. The van der Waals surface area contributed by atoms with Gasteiger partial charge in [-0.05, 0) is 43.2 Å². The van der Waals surface area contributed by atoms with Gasteiger partial charge in [-0.25, -0.2) is 0 Å². The van der Waals surface area contributed by atoms with Gasteiger partial charge in [0.1, 0.15) is 0 Å². The normalized spacial score (nSPS) is 18.7. The molecule has 1 aliphatic heterocycles. The van der Waals surface area contributed by atoms with Gasteiger partial charge in [0.2, 0.25) is 5.91 Å². The highest BCUT2D eigenvalue weighted by Crippen LogP contribution is 2.25. The molecule has 1 aliphatic rings. The van der Waals surface area contributed by atoms with Crippen LogP contribution in [0.15, 0.2) is 24.3 Å². The molecule has 6 heteroatoms. The standard InChI is InChI=1S/C17H22F3NO2/c18-17(19,20)10-9-14-5-1-2-6-15(14)21-16(22)8-7-13-4-3-11-23-12-13/h1-2,5-6,13H,3-4,7-12H2,(H,21,22). The molecular formula is C17H22F3NO2. The van der Waals surface area contributed by atoms with Crippen molar-refractivity contribution in [3.05, 3.63) is 29.8 Å². The van der Waals surface area contributed by atoms with Crippen molar-refractivity contribution in [1.29, 1.82) is 0 Å². The molecule has 1 saturated heterocycles. The molecule has 0 bridgehead atoms. The number of halogens is 3.